The van der Waals surface area contributed by atoms with E-state index in [0.717, 1.165) is 37.9 Å². The van der Waals surface area contributed by atoms with Gasteiger partial charge in [-0.15, -0.1) is 0 Å². The van der Waals surface area contributed by atoms with Crippen molar-refractivity contribution in [3.05, 3.63) is 154 Å². The number of rotatable bonds is 10. The highest BCUT2D eigenvalue weighted by atomic mass is 19.4. The van der Waals surface area contributed by atoms with Crippen molar-refractivity contribution in [2.75, 3.05) is 6.61 Å². The van der Waals surface area contributed by atoms with E-state index in [4.69, 9.17) is 9.65 Å². The Morgan fingerprint density at radius 2 is 0.923 bits per heavy atom. The van der Waals surface area contributed by atoms with E-state index in [2.05, 4.69) is 41.5 Å². The van der Waals surface area contributed by atoms with E-state index in [1.807, 2.05) is 133 Å². The summed E-state index contributed by atoms with van der Waals surface area (Å²) in [6, 6.07) is 32.1. The van der Waals surface area contributed by atoms with Crippen LogP contribution in [0.25, 0.3) is 34.0 Å². The van der Waals surface area contributed by atoms with Gasteiger partial charge in [-0.1, -0.05) is 180 Å². The van der Waals surface area contributed by atoms with Crippen LogP contribution < -0.4 is 0 Å². The molecular formula is C53H57BF8N2O. The molecule has 0 saturated heterocycles. The molecule has 344 valence electrons. The molecule has 0 fully saturated rings. The molecule has 0 N–H and O–H groups in total. The first-order chi connectivity index (χ1) is 29.8. The topological polar surface area (TPSA) is 26.5 Å². The number of aliphatic imine (C=N–C) groups is 1. The molecule has 5 aromatic rings. The first-order valence-electron chi connectivity index (χ1n) is 21.6. The summed E-state index contributed by atoms with van der Waals surface area (Å²) in [6.45, 7) is 22.2. The van der Waals surface area contributed by atoms with Gasteiger partial charge in [-0.2, -0.15) is 30.7 Å². The summed E-state index contributed by atoms with van der Waals surface area (Å²) in [5.74, 6) is -12.3. The SMILES string of the molecule is CC(C)(C)c1ccc(C2=CC(c3ccc(C(C)(C)C)cc3)=N/C2=C\c2c(-c3ccc(C(C)(C)C)cc3)cc(-c3ccc(C(C)(C)C)cc3)n2B(F)OCC(F)(F)C(F)(F)C(F)(F)F)cc1. The van der Waals surface area contributed by atoms with Crippen LogP contribution >= 0.6 is 0 Å². The zero-order chi connectivity index (χ0) is 48.3. The number of nitrogens with zero attached hydrogens (tertiary/aromatic N) is 2. The second-order valence-corrected chi connectivity index (χ2v) is 21.0. The number of halogens is 8. The molecule has 0 amide bonds. The minimum atomic E-state index is -6.62. The average Bonchev–Trinajstić information content (AvgIpc) is 3.80. The molecule has 4 aromatic carbocycles. The van der Waals surface area contributed by atoms with E-state index in [0.29, 0.717) is 33.7 Å². The average molecular weight is 901 g/mol. The van der Waals surface area contributed by atoms with Crippen molar-refractivity contribution in [3.8, 4) is 22.4 Å². The minimum Gasteiger partial charge on any atom is -0.382 e. The molecule has 0 atom stereocenters. The van der Waals surface area contributed by atoms with Crippen LogP contribution in [0.4, 0.5) is 35.0 Å². The fraction of sp³-hybridized carbons (Fsp3) is 0.377. The number of hydrogen-bond acceptors (Lipinski definition) is 2. The third-order valence-corrected chi connectivity index (χ3v) is 11.8. The molecule has 0 radical (unpaired) electrons. The van der Waals surface area contributed by atoms with Gasteiger partial charge >= 0.3 is 25.3 Å². The Labute approximate surface area is 378 Å². The van der Waals surface area contributed by atoms with Crippen LogP contribution in [-0.4, -0.2) is 42.1 Å². The summed E-state index contributed by atoms with van der Waals surface area (Å²) >= 11 is 0. The highest BCUT2D eigenvalue weighted by Crippen LogP contribution is 2.47. The van der Waals surface area contributed by atoms with Gasteiger partial charge < -0.3 is 9.13 Å². The van der Waals surface area contributed by atoms with Gasteiger partial charge in [0.15, 0.2) is 0 Å². The summed E-state index contributed by atoms with van der Waals surface area (Å²) < 4.78 is 120. The van der Waals surface area contributed by atoms with E-state index in [1.54, 1.807) is 24.3 Å². The number of hydrogen-bond donors (Lipinski definition) is 0. The molecule has 3 nitrogen and oxygen atoms in total. The van der Waals surface area contributed by atoms with Crippen molar-refractivity contribution >= 4 is 24.7 Å². The maximum absolute atomic E-state index is 17.1. The van der Waals surface area contributed by atoms with Gasteiger partial charge in [0.1, 0.15) is 6.61 Å². The molecule has 1 aliphatic rings. The molecule has 2 heterocycles. The largest absolute Gasteiger partial charge is 0.638 e. The van der Waals surface area contributed by atoms with Crippen LogP contribution in [0.2, 0.25) is 0 Å². The quantitative estimate of drug-likeness (QED) is 0.101. The Morgan fingerprint density at radius 3 is 1.32 bits per heavy atom. The number of allylic oxidation sites excluding steroid dienone is 2. The highest BCUT2D eigenvalue weighted by Gasteiger charge is 2.73. The van der Waals surface area contributed by atoms with Crippen LogP contribution in [0.1, 0.15) is 122 Å². The second-order valence-electron chi connectivity index (χ2n) is 21.0. The fourth-order valence-electron chi connectivity index (χ4n) is 7.54. The molecule has 0 spiro atoms. The highest BCUT2D eigenvalue weighted by molar-refractivity contribution is 6.43. The number of benzene rings is 4. The Morgan fingerprint density at radius 1 is 0.538 bits per heavy atom. The summed E-state index contributed by atoms with van der Waals surface area (Å²) in [6.07, 6.45) is -3.14. The molecule has 65 heavy (non-hydrogen) atoms. The third kappa shape index (κ3) is 10.4. The molecule has 0 saturated carbocycles. The van der Waals surface area contributed by atoms with E-state index in [9.17, 15) is 30.7 Å². The standard InChI is InChI=1S/C53H57BF8N2O/c1-47(2,3)37-21-13-33(14-22-37)41-29-43(35-17-25-39(26-18-35)49(7,8)9)63-44(41)31-46-42(34-15-23-38(24-16-34)48(4,5)6)30-45(36-19-27-40(28-20-36)50(10,11)12)64(46)54(62)65-32-51(55,56)52(57,58)53(59,60)61/h13-31H,32H2,1-12H3/b44-31-. The Hall–Kier alpha value is -5.23. The van der Waals surface area contributed by atoms with E-state index in [-0.39, 0.29) is 33.0 Å². The van der Waals surface area contributed by atoms with Crippen LogP contribution in [-0.2, 0) is 26.3 Å². The van der Waals surface area contributed by atoms with Crippen molar-refractivity contribution in [3.63, 3.8) is 0 Å². The lowest BCUT2D eigenvalue weighted by Gasteiger charge is -2.28. The normalized spacial score (nSPS) is 15.1. The molecule has 0 unspecified atom stereocenters. The lowest BCUT2D eigenvalue weighted by atomic mass is 9.85. The number of aromatic nitrogens is 1. The van der Waals surface area contributed by atoms with Gasteiger partial charge in [0.25, 0.3) is 0 Å². The molecule has 1 aliphatic heterocycles. The number of alkyl halides is 7. The van der Waals surface area contributed by atoms with Crippen LogP contribution in [0.3, 0.4) is 0 Å². The van der Waals surface area contributed by atoms with Crippen molar-refractivity contribution < 1.29 is 39.7 Å². The first-order valence-corrected chi connectivity index (χ1v) is 21.6. The maximum Gasteiger partial charge on any atom is 0.638 e. The van der Waals surface area contributed by atoms with Crippen molar-refractivity contribution in [2.45, 2.75) is 123 Å². The van der Waals surface area contributed by atoms with E-state index in [1.165, 1.54) is 0 Å². The fourth-order valence-corrected chi connectivity index (χ4v) is 7.54. The van der Waals surface area contributed by atoms with E-state index < -0.39 is 32.0 Å². The van der Waals surface area contributed by atoms with Crippen molar-refractivity contribution in [1.29, 1.82) is 0 Å². The van der Waals surface area contributed by atoms with Gasteiger partial charge in [0.05, 0.1) is 11.4 Å². The lowest BCUT2D eigenvalue weighted by Crippen LogP contribution is -2.55. The third-order valence-electron chi connectivity index (χ3n) is 11.8. The van der Waals surface area contributed by atoms with Crippen molar-refractivity contribution in [1.82, 2.24) is 4.48 Å². The van der Waals surface area contributed by atoms with Gasteiger partial charge in [-0.3, -0.25) is 4.32 Å². The van der Waals surface area contributed by atoms with Gasteiger partial charge in [-0.05, 0) is 78.8 Å². The maximum atomic E-state index is 17.1. The van der Waals surface area contributed by atoms with E-state index >= 15 is 4.32 Å². The van der Waals surface area contributed by atoms with Crippen LogP contribution in [0.15, 0.2) is 120 Å². The molecule has 12 heteroatoms. The van der Waals surface area contributed by atoms with Gasteiger partial charge in [-0.25, -0.2) is 4.99 Å². The van der Waals surface area contributed by atoms with Crippen LogP contribution in [0.5, 0.6) is 0 Å². The Kier molecular flexibility index (Phi) is 13.0. The monoisotopic (exact) mass is 900 g/mol. The second kappa shape index (κ2) is 17.2. The smallest absolute Gasteiger partial charge is 0.382 e. The summed E-state index contributed by atoms with van der Waals surface area (Å²) in [5.41, 5.74) is 7.95. The van der Waals surface area contributed by atoms with Gasteiger partial charge in [0, 0.05) is 28.1 Å². The summed E-state index contributed by atoms with van der Waals surface area (Å²) in [7, 11) is -2.98. The molecule has 0 bridgehead atoms. The van der Waals surface area contributed by atoms with Crippen molar-refractivity contribution in [2.24, 2.45) is 4.99 Å². The molecule has 6 rings (SSSR count). The van der Waals surface area contributed by atoms with Gasteiger partial charge in [0.2, 0.25) is 0 Å². The Balaban J connectivity index is 1.64. The predicted molar refractivity (Wildman–Crippen MR) is 250 cm³/mol. The summed E-state index contributed by atoms with van der Waals surface area (Å²) in [5, 5.41) is 0. The lowest BCUT2D eigenvalue weighted by molar-refractivity contribution is -0.358. The predicted octanol–water partition coefficient (Wildman–Crippen LogP) is 15.6. The van der Waals surface area contributed by atoms with Crippen LogP contribution in [0, 0.1) is 0 Å². The first kappa shape index (κ1) is 49.2. The minimum absolute atomic E-state index is 0.0436. The molecule has 1 aromatic heterocycles. The Bertz CT molecular complexity index is 2590. The zero-order valence-corrected chi connectivity index (χ0v) is 39.1. The zero-order valence-electron chi connectivity index (χ0n) is 39.1. The molecule has 0 aliphatic carbocycles. The molecular weight excluding hydrogens is 843 g/mol. The summed E-state index contributed by atoms with van der Waals surface area (Å²) in [4.78, 5) is 5.09.